The van der Waals surface area contributed by atoms with Crippen molar-refractivity contribution in [3.63, 3.8) is 0 Å². The van der Waals surface area contributed by atoms with Crippen molar-refractivity contribution in [1.82, 2.24) is 0 Å². The number of amides is 2. The Labute approximate surface area is 137 Å². The molecule has 0 aliphatic carbocycles. The molecule has 0 aromatic heterocycles. The van der Waals surface area contributed by atoms with Crippen LogP contribution in [0.3, 0.4) is 0 Å². The van der Waals surface area contributed by atoms with Gasteiger partial charge in [-0.25, -0.2) is 4.79 Å². The van der Waals surface area contributed by atoms with Crippen molar-refractivity contribution in [2.45, 2.75) is 33.2 Å². The van der Waals surface area contributed by atoms with Crippen LogP contribution in [0, 0.1) is 6.92 Å². The lowest BCUT2D eigenvalue weighted by molar-refractivity contribution is 0.253. The van der Waals surface area contributed by atoms with E-state index >= 15 is 0 Å². The molecule has 3 nitrogen and oxygen atoms in total. The van der Waals surface area contributed by atoms with Gasteiger partial charge in [-0.15, -0.1) is 0 Å². The number of fused-ring (bicyclic) bond motifs is 1. The Bertz CT molecular complexity index is 775. The molecule has 2 aromatic carbocycles. The number of benzene rings is 2. The summed E-state index contributed by atoms with van der Waals surface area (Å²) >= 11 is 0. The third-order valence-electron chi connectivity index (χ3n) is 4.19. The topological polar surface area (TPSA) is 32.3 Å². The molecule has 1 heterocycles. The molecule has 0 unspecified atom stereocenters. The first-order chi connectivity index (χ1) is 10.9. The fourth-order valence-electron chi connectivity index (χ4n) is 3.22. The first kappa shape index (κ1) is 15.3. The summed E-state index contributed by atoms with van der Waals surface area (Å²) in [5, 5.41) is 3.00. The van der Waals surface area contributed by atoms with Crippen molar-refractivity contribution in [2.75, 3.05) is 10.2 Å². The van der Waals surface area contributed by atoms with Crippen LogP contribution in [0.2, 0.25) is 0 Å². The molecule has 0 radical (unpaired) electrons. The van der Waals surface area contributed by atoms with Gasteiger partial charge in [0.05, 0.1) is 11.2 Å². The van der Waals surface area contributed by atoms with E-state index in [0.29, 0.717) is 0 Å². The predicted octanol–water partition coefficient (Wildman–Crippen LogP) is 5.23. The summed E-state index contributed by atoms with van der Waals surface area (Å²) < 4.78 is 0. The summed E-state index contributed by atoms with van der Waals surface area (Å²) in [5.74, 6) is 0. The molecule has 3 heteroatoms. The lowest BCUT2D eigenvalue weighted by atomic mass is 9.88. The van der Waals surface area contributed by atoms with Crippen molar-refractivity contribution in [3.05, 3.63) is 65.7 Å². The predicted molar refractivity (Wildman–Crippen MR) is 96.8 cm³/mol. The summed E-state index contributed by atoms with van der Waals surface area (Å²) in [6, 6.07) is 15.7. The van der Waals surface area contributed by atoms with Crippen LogP contribution in [-0.4, -0.2) is 11.6 Å². The van der Waals surface area contributed by atoms with Gasteiger partial charge in [0.25, 0.3) is 0 Å². The molecule has 23 heavy (non-hydrogen) atoms. The Kier molecular flexibility index (Phi) is 3.72. The van der Waals surface area contributed by atoms with E-state index in [1.807, 2.05) is 41.3 Å². The Morgan fingerprint density at radius 3 is 2.43 bits per heavy atom. The normalized spacial score (nSPS) is 15.7. The maximum Gasteiger partial charge on any atom is 0.327 e. The Morgan fingerprint density at radius 2 is 1.74 bits per heavy atom. The molecule has 1 aliphatic heterocycles. The van der Waals surface area contributed by atoms with Crippen LogP contribution in [0.4, 0.5) is 16.2 Å². The van der Waals surface area contributed by atoms with Crippen LogP contribution < -0.4 is 10.2 Å². The molecular formula is C20H22N2O. The van der Waals surface area contributed by atoms with Crippen molar-refractivity contribution in [3.8, 4) is 0 Å². The number of urea groups is 1. The number of allylic oxidation sites excluding steroid dienone is 1. The monoisotopic (exact) mass is 306 g/mol. The zero-order chi connectivity index (χ0) is 16.6. The largest absolute Gasteiger partial charge is 0.327 e. The molecule has 1 N–H and O–H groups in total. The van der Waals surface area contributed by atoms with Crippen molar-refractivity contribution in [2.24, 2.45) is 0 Å². The van der Waals surface area contributed by atoms with Gasteiger partial charge < -0.3 is 5.32 Å². The molecule has 0 spiro atoms. The molecule has 3 rings (SSSR count). The summed E-state index contributed by atoms with van der Waals surface area (Å²) in [4.78, 5) is 14.8. The fourth-order valence-corrected chi connectivity index (χ4v) is 3.22. The molecule has 2 amide bonds. The summed E-state index contributed by atoms with van der Waals surface area (Å²) in [6.45, 7) is 8.29. The number of rotatable bonds is 1. The molecule has 2 aromatic rings. The molecule has 0 saturated heterocycles. The van der Waals surface area contributed by atoms with E-state index in [-0.39, 0.29) is 11.6 Å². The van der Waals surface area contributed by atoms with E-state index < -0.39 is 0 Å². The quantitative estimate of drug-likeness (QED) is 0.768. The van der Waals surface area contributed by atoms with E-state index in [4.69, 9.17) is 0 Å². The van der Waals surface area contributed by atoms with Gasteiger partial charge in [-0.2, -0.15) is 0 Å². The Hall–Kier alpha value is -2.55. The first-order valence-electron chi connectivity index (χ1n) is 7.85. The number of aryl methyl sites for hydroxylation is 1. The molecule has 118 valence electrons. The van der Waals surface area contributed by atoms with Gasteiger partial charge in [0.15, 0.2) is 0 Å². The van der Waals surface area contributed by atoms with E-state index in [1.165, 1.54) is 11.1 Å². The number of anilines is 2. The second kappa shape index (κ2) is 5.58. The van der Waals surface area contributed by atoms with Crippen LogP contribution in [-0.2, 0) is 0 Å². The average molecular weight is 306 g/mol. The van der Waals surface area contributed by atoms with Crippen molar-refractivity contribution < 1.29 is 4.79 Å². The highest BCUT2D eigenvalue weighted by Crippen LogP contribution is 2.39. The maximum absolute atomic E-state index is 12.9. The summed E-state index contributed by atoms with van der Waals surface area (Å²) in [6.07, 6.45) is 2.15. The number of hydrogen-bond donors (Lipinski definition) is 1. The maximum atomic E-state index is 12.9. The van der Waals surface area contributed by atoms with Gasteiger partial charge >= 0.3 is 6.03 Å². The van der Waals surface area contributed by atoms with Gasteiger partial charge in [-0.3, -0.25) is 4.90 Å². The highest BCUT2D eigenvalue weighted by molar-refractivity contribution is 6.06. The third-order valence-corrected chi connectivity index (χ3v) is 4.19. The highest BCUT2D eigenvalue weighted by Gasteiger charge is 2.35. The van der Waals surface area contributed by atoms with Crippen LogP contribution in [0.15, 0.2) is 54.6 Å². The first-order valence-corrected chi connectivity index (χ1v) is 7.85. The zero-order valence-corrected chi connectivity index (χ0v) is 14.1. The van der Waals surface area contributed by atoms with Gasteiger partial charge in [0, 0.05) is 11.3 Å². The summed E-state index contributed by atoms with van der Waals surface area (Å²) in [5.41, 5.74) is 4.89. The molecular weight excluding hydrogens is 284 g/mol. The zero-order valence-electron chi connectivity index (χ0n) is 14.1. The SMILES string of the molecule is CC1=CC(C)(C)N(C(=O)Nc2ccccc2)c2ccc(C)cc21. The van der Waals surface area contributed by atoms with E-state index in [9.17, 15) is 4.79 Å². The van der Waals surface area contributed by atoms with Crippen LogP contribution in [0.1, 0.15) is 31.9 Å². The standard InChI is InChI=1S/C20H22N2O/c1-14-10-11-18-17(12-14)15(2)13-20(3,4)22(18)19(23)21-16-8-6-5-7-9-16/h5-13H,1-4H3,(H,21,23). The van der Waals surface area contributed by atoms with Gasteiger partial charge in [-0.1, -0.05) is 35.9 Å². The second-order valence-electron chi connectivity index (χ2n) is 6.63. The number of para-hydroxylation sites is 1. The number of carbonyl (C=O) groups excluding carboxylic acids is 1. The number of nitrogens with one attached hydrogen (secondary N) is 1. The minimum absolute atomic E-state index is 0.116. The lowest BCUT2D eigenvalue weighted by Gasteiger charge is -2.41. The van der Waals surface area contributed by atoms with Crippen LogP contribution >= 0.6 is 0 Å². The number of hydrogen-bond acceptors (Lipinski definition) is 1. The minimum Gasteiger partial charge on any atom is -0.308 e. The molecule has 0 atom stereocenters. The van der Waals surface area contributed by atoms with Crippen molar-refractivity contribution in [1.29, 1.82) is 0 Å². The molecule has 0 saturated carbocycles. The van der Waals surface area contributed by atoms with Crippen molar-refractivity contribution >= 4 is 23.0 Å². The van der Waals surface area contributed by atoms with E-state index in [1.54, 1.807) is 0 Å². The highest BCUT2D eigenvalue weighted by atomic mass is 16.2. The van der Waals surface area contributed by atoms with Gasteiger partial charge in [-0.05, 0) is 57.5 Å². The smallest absolute Gasteiger partial charge is 0.308 e. The lowest BCUT2D eigenvalue weighted by Crippen LogP contribution is -2.50. The third kappa shape index (κ3) is 2.87. The van der Waals surface area contributed by atoms with E-state index in [2.05, 4.69) is 51.2 Å². The van der Waals surface area contributed by atoms with Crippen LogP contribution in [0.5, 0.6) is 0 Å². The average Bonchev–Trinajstić information content (AvgIpc) is 2.48. The number of nitrogens with zero attached hydrogens (tertiary/aromatic N) is 1. The minimum atomic E-state index is -0.384. The van der Waals surface area contributed by atoms with Gasteiger partial charge in [0.2, 0.25) is 0 Å². The Morgan fingerprint density at radius 1 is 1.04 bits per heavy atom. The summed E-state index contributed by atoms with van der Waals surface area (Å²) in [7, 11) is 0. The molecule has 0 fully saturated rings. The van der Waals surface area contributed by atoms with Crippen LogP contribution in [0.25, 0.3) is 5.57 Å². The van der Waals surface area contributed by atoms with E-state index in [0.717, 1.165) is 16.9 Å². The molecule has 0 bridgehead atoms. The molecule has 1 aliphatic rings. The fraction of sp³-hybridized carbons (Fsp3) is 0.250. The Balaban J connectivity index is 2.02. The van der Waals surface area contributed by atoms with Gasteiger partial charge in [0.1, 0.15) is 0 Å². The number of carbonyl (C=O) groups is 1. The second-order valence-corrected chi connectivity index (χ2v) is 6.63.